The summed E-state index contributed by atoms with van der Waals surface area (Å²) >= 11 is 12.3. The highest BCUT2D eigenvalue weighted by Gasteiger charge is 2.34. The average Bonchev–Trinajstić information content (AvgIpc) is 2.75. The van der Waals surface area contributed by atoms with Gasteiger partial charge in [0.15, 0.2) is 6.61 Å². The highest BCUT2D eigenvalue weighted by Crippen LogP contribution is 2.37. The number of carbonyl (C=O) groups is 2. The molecule has 0 bridgehead atoms. The third kappa shape index (κ3) is 4.56. The molecule has 2 aromatic carbocycles. The number of carbonyl (C=O) groups excluding carboxylic acids is 2. The molecule has 0 aliphatic carbocycles. The smallest absolute Gasteiger partial charge is 0.262 e. The van der Waals surface area contributed by atoms with Gasteiger partial charge < -0.3 is 15.4 Å². The summed E-state index contributed by atoms with van der Waals surface area (Å²) in [7, 11) is -3.90. The van der Waals surface area contributed by atoms with Gasteiger partial charge in [-0.05, 0) is 43.5 Å². The highest BCUT2D eigenvalue weighted by molar-refractivity contribution is 7.89. The van der Waals surface area contributed by atoms with Crippen molar-refractivity contribution in [3.05, 3.63) is 45.9 Å². The molecule has 1 fully saturated rings. The summed E-state index contributed by atoms with van der Waals surface area (Å²) in [5.74, 6) is -0.576. The van der Waals surface area contributed by atoms with Gasteiger partial charge in [-0.15, -0.1) is 0 Å². The second-order valence-electron chi connectivity index (χ2n) is 7.75. The van der Waals surface area contributed by atoms with E-state index in [-0.39, 0.29) is 53.1 Å². The average molecular weight is 498 g/mol. The predicted octanol–water partition coefficient (Wildman–Crippen LogP) is 3.67. The molecule has 4 rings (SSSR count). The summed E-state index contributed by atoms with van der Waals surface area (Å²) in [6.45, 7) is 2.04. The number of fused-ring (bicyclic) bond motifs is 1. The van der Waals surface area contributed by atoms with Crippen LogP contribution in [0.1, 0.15) is 18.4 Å². The monoisotopic (exact) mass is 497 g/mol. The van der Waals surface area contributed by atoms with Crippen LogP contribution in [0.5, 0.6) is 5.75 Å². The van der Waals surface area contributed by atoms with Crippen molar-refractivity contribution >= 4 is 56.4 Å². The molecule has 11 heteroatoms. The normalized spacial score (nSPS) is 17.3. The Bertz CT molecular complexity index is 1190. The van der Waals surface area contributed by atoms with Crippen LogP contribution in [0.2, 0.25) is 10.0 Å². The topological polar surface area (TPSA) is 105 Å². The van der Waals surface area contributed by atoms with Crippen molar-refractivity contribution in [1.82, 2.24) is 4.31 Å². The van der Waals surface area contributed by atoms with E-state index in [1.165, 1.54) is 16.4 Å². The van der Waals surface area contributed by atoms with Crippen LogP contribution < -0.4 is 15.4 Å². The number of aryl methyl sites for hydroxylation is 1. The summed E-state index contributed by atoms with van der Waals surface area (Å²) in [4.78, 5) is 24.0. The van der Waals surface area contributed by atoms with Gasteiger partial charge in [0.05, 0.1) is 10.7 Å². The van der Waals surface area contributed by atoms with Crippen LogP contribution in [-0.4, -0.2) is 44.2 Å². The maximum atomic E-state index is 13.2. The van der Waals surface area contributed by atoms with Gasteiger partial charge in [-0.25, -0.2) is 8.42 Å². The van der Waals surface area contributed by atoms with Crippen molar-refractivity contribution in [3.8, 4) is 5.75 Å². The number of nitrogens with one attached hydrogen (secondary N) is 2. The summed E-state index contributed by atoms with van der Waals surface area (Å²) < 4.78 is 33.0. The van der Waals surface area contributed by atoms with Crippen molar-refractivity contribution in [2.75, 3.05) is 30.3 Å². The van der Waals surface area contributed by atoms with E-state index >= 15 is 0 Å². The molecule has 0 radical (unpaired) electrons. The van der Waals surface area contributed by atoms with Gasteiger partial charge in [0.1, 0.15) is 10.6 Å². The Hall–Kier alpha value is -2.33. The molecular formula is C21H21Cl2N3O5S. The minimum Gasteiger partial charge on any atom is -0.482 e. The van der Waals surface area contributed by atoms with Crippen LogP contribution in [0.4, 0.5) is 11.4 Å². The summed E-state index contributed by atoms with van der Waals surface area (Å²) in [5.41, 5.74) is 1.85. The summed E-state index contributed by atoms with van der Waals surface area (Å²) in [5, 5.41) is 6.00. The zero-order chi connectivity index (χ0) is 23.0. The second-order valence-corrected chi connectivity index (χ2v) is 10.5. The molecule has 2 aromatic rings. The molecule has 2 amide bonds. The van der Waals surface area contributed by atoms with Crippen LogP contribution in [0, 0.1) is 12.8 Å². The maximum Gasteiger partial charge on any atom is 0.262 e. The van der Waals surface area contributed by atoms with Crippen molar-refractivity contribution < 1.29 is 22.7 Å². The SMILES string of the molecule is Cc1ccc(NC(=O)C2CCN(S(=O)(=O)c3cc4c(cc3Cl)NC(=O)CO4)CC2)cc1Cl. The van der Waals surface area contributed by atoms with Gasteiger partial charge in [0.25, 0.3) is 5.91 Å². The van der Waals surface area contributed by atoms with E-state index in [0.29, 0.717) is 29.2 Å². The zero-order valence-corrected chi connectivity index (χ0v) is 19.5. The number of sulfonamides is 1. The van der Waals surface area contributed by atoms with Crippen LogP contribution >= 0.6 is 23.2 Å². The number of amides is 2. The van der Waals surface area contributed by atoms with Gasteiger partial charge in [0.2, 0.25) is 15.9 Å². The van der Waals surface area contributed by atoms with Gasteiger partial charge in [-0.1, -0.05) is 29.3 Å². The number of hydrogen-bond acceptors (Lipinski definition) is 5. The number of ether oxygens (including phenoxy) is 1. The molecule has 0 saturated carbocycles. The largest absolute Gasteiger partial charge is 0.482 e. The third-order valence-corrected chi connectivity index (χ3v) is 8.32. The Balaban J connectivity index is 1.44. The van der Waals surface area contributed by atoms with E-state index in [1.54, 1.807) is 12.1 Å². The first-order chi connectivity index (χ1) is 15.1. The fourth-order valence-electron chi connectivity index (χ4n) is 3.69. The molecule has 0 unspecified atom stereocenters. The standard InChI is InChI=1S/C21H21Cl2N3O5S/c1-12-2-3-14(8-15(12)22)24-21(28)13-4-6-26(7-5-13)32(29,30)19-10-18-17(9-16(19)23)25-20(27)11-31-18/h2-3,8-10,13H,4-7,11H2,1H3,(H,24,28)(H,25,27). The quantitative estimate of drug-likeness (QED) is 0.670. The second kappa shape index (κ2) is 8.90. The molecular weight excluding hydrogens is 477 g/mol. The molecule has 2 N–H and O–H groups in total. The number of rotatable bonds is 4. The van der Waals surface area contributed by atoms with Gasteiger partial charge in [-0.2, -0.15) is 4.31 Å². The molecule has 32 heavy (non-hydrogen) atoms. The van der Waals surface area contributed by atoms with E-state index < -0.39 is 10.0 Å². The molecule has 0 spiro atoms. The number of hydrogen-bond donors (Lipinski definition) is 2. The zero-order valence-electron chi connectivity index (χ0n) is 17.2. The van der Waals surface area contributed by atoms with Gasteiger partial charge in [0, 0.05) is 35.8 Å². The summed E-state index contributed by atoms with van der Waals surface area (Å²) in [6.07, 6.45) is 0.750. The Kier molecular flexibility index (Phi) is 6.35. The first-order valence-corrected chi connectivity index (χ1v) is 12.2. The van der Waals surface area contributed by atoms with Crippen molar-refractivity contribution in [2.45, 2.75) is 24.7 Å². The molecule has 1 saturated heterocycles. The minimum absolute atomic E-state index is 0.00864. The van der Waals surface area contributed by atoms with E-state index in [1.807, 2.05) is 13.0 Å². The Morgan fingerprint density at radius 2 is 1.88 bits per heavy atom. The first kappa shape index (κ1) is 22.8. The lowest BCUT2D eigenvalue weighted by Gasteiger charge is -2.31. The Morgan fingerprint density at radius 1 is 1.16 bits per heavy atom. The molecule has 2 aliphatic rings. The number of benzene rings is 2. The van der Waals surface area contributed by atoms with E-state index in [9.17, 15) is 18.0 Å². The van der Waals surface area contributed by atoms with Crippen molar-refractivity contribution in [2.24, 2.45) is 5.92 Å². The molecule has 0 atom stereocenters. The number of piperidine rings is 1. The van der Waals surface area contributed by atoms with Gasteiger partial charge in [-0.3, -0.25) is 9.59 Å². The lowest BCUT2D eigenvalue weighted by molar-refractivity contribution is -0.121. The number of anilines is 2. The molecule has 0 aromatic heterocycles. The predicted molar refractivity (Wildman–Crippen MR) is 122 cm³/mol. The highest BCUT2D eigenvalue weighted by atomic mass is 35.5. The molecule has 8 nitrogen and oxygen atoms in total. The fraction of sp³-hybridized carbons (Fsp3) is 0.333. The summed E-state index contributed by atoms with van der Waals surface area (Å²) in [6, 6.07) is 7.99. The Morgan fingerprint density at radius 3 is 2.56 bits per heavy atom. The van der Waals surface area contributed by atoms with Crippen LogP contribution in [-0.2, 0) is 19.6 Å². The van der Waals surface area contributed by atoms with E-state index in [4.69, 9.17) is 27.9 Å². The lowest BCUT2D eigenvalue weighted by atomic mass is 9.97. The van der Waals surface area contributed by atoms with Crippen LogP contribution in [0.25, 0.3) is 0 Å². The number of halogens is 2. The molecule has 170 valence electrons. The Labute approximate surface area is 195 Å². The van der Waals surface area contributed by atoms with E-state index in [0.717, 1.165) is 5.56 Å². The third-order valence-electron chi connectivity index (χ3n) is 5.55. The van der Waals surface area contributed by atoms with Crippen molar-refractivity contribution in [1.29, 1.82) is 0 Å². The van der Waals surface area contributed by atoms with E-state index in [2.05, 4.69) is 10.6 Å². The van der Waals surface area contributed by atoms with Crippen molar-refractivity contribution in [3.63, 3.8) is 0 Å². The molecule has 2 aliphatic heterocycles. The van der Waals surface area contributed by atoms with Crippen LogP contribution in [0.3, 0.4) is 0 Å². The minimum atomic E-state index is -3.90. The number of nitrogens with zero attached hydrogens (tertiary/aromatic N) is 1. The molecule has 2 heterocycles. The van der Waals surface area contributed by atoms with Gasteiger partial charge >= 0.3 is 0 Å². The fourth-order valence-corrected chi connectivity index (χ4v) is 5.86. The van der Waals surface area contributed by atoms with Crippen LogP contribution in [0.15, 0.2) is 35.2 Å². The lowest BCUT2D eigenvalue weighted by Crippen LogP contribution is -2.41. The first-order valence-electron chi connectivity index (χ1n) is 9.98. The maximum absolute atomic E-state index is 13.2.